The molecule has 2 N–H and O–H groups in total. The van der Waals surface area contributed by atoms with Crippen molar-refractivity contribution in [3.05, 3.63) is 123 Å². The third-order valence-corrected chi connectivity index (χ3v) is 7.18. The van der Waals surface area contributed by atoms with E-state index in [-0.39, 0.29) is 45.1 Å². The van der Waals surface area contributed by atoms with Gasteiger partial charge < -0.3 is 10.6 Å². The lowest BCUT2D eigenvalue weighted by atomic mass is 9.97. The quantitative estimate of drug-likeness (QED) is 0.124. The fourth-order valence-electron chi connectivity index (χ4n) is 4.92. The van der Waals surface area contributed by atoms with Crippen molar-refractivity contribution in [2.45, 2.75) is 40.5 Å². The average molecular weight is 576 g/mol. The molecule has 0 fully saturated rings. The second kappa shape index (κ2) is 11.7. The van der Waals surface area contributed by atoms with Gasteiger partial charge in [-0.2, -0.15) is 0 Å². The van der Waals surface area contributed by atoms with Gasteiger partial charge in [0.05, 0.1) is 28.4 Å². The van der Waals surface area contributed by atoms with Crippen molar-refractivity contribution >= 4 is 34.1 Å². The molecule has 4 aromatic carbocycles. The molecule has 3 nitrogen and oxygen atoms in total. The molecule has 5 rings (SSSR count). The van der Waals surface area contributed by atoms with Crippen LogP contribution in [0.2, 0.25) is 0 Å². The molecule has 0 bridgehead atoms. The second-order valence-corrected chi connectivity index (χ2v) is 10.4. The van der Waals surface area contributed by atoms with Crippen LogP contribution in [0.15, 0.2) is 66.4 Å². The van der Waals surface area contributed by atoms with E-state index in [1.807, 2.05) is 6.92 Å². The molecule has 0 spiro atoms. The number of aryl methyl sites for hydroxylation is 3. The summed E-state index contributed by atoms with van der Waals surface area (Å²) in [5.74, 6) is -4.31. The van der Waals surface area contributed by atoms with E-state index in [0.29, 0.717) is 23.4 Å². The van der Waals surface area contributed by atoms with E-state index in [1.54, 1.807) is 39.0 Å². The second-order valence-electron chi connectivity index (χ2n) is 10.4. The lowest BCUT2D eigenvalue weighted by molar-refractivity contribution is 0.509. The smallest absolute Gasteiger partial charge is 0.183 e. The Morgan fingerprint density at radius 2 is 1.43 bits per heavy atom. The summed E-state index contributed by atoms with van der Waals surface area (Å²) in [6, 6.07) is 14.3. The van der Waals surface area contributed by atoms with Crippen molar-refractivity contribution in [3.8, 4) is 0 Å². The minimum absolute atomic E-state index is 0.0127. The largest absolute Gasteiger partial charge is 0.378 e. The van der Waals surface area contributed by atoms with Crippen LogP contribution >= 0.6 is 0 Å². The summed E-state index contributed by atoms with van der Waals surface area (Å²) in [4.78, 5) is 1.20. The summed E-state index contributed by atoms with van der Waals surface area (Å²) in [6.07, 6.45) is 1.66. The zero-order valence-corrected chi connectivity index (χ0v) is 23.7. The van der Waals surface area contributed by atoms with E-state index in [4.69, 9.17) is 0 Å². The first-order valence-corrected chi connectivity index (χ1v) is 13.7. The van der Waals surface area contributed by atoms with Gasteiger partial charge in [0.15, 0.2) is 11.6 Å². The van der Waals surface area contributed by atoms with Crippen LogP contribution in [0.3, 0.4) is 0 Å². The molecule has 216 valence electrons. The third-order valence-electron chi connectivity index (χ3n) is 7.18. The van der Waals surface area contributed by atoms with Crippen LogP contribution in [0.25, 0.3) is 11.4 Å². The number of hydrogen-bond donors (Lipinski definition) is 2. The van der Waals surface area contributed by atoms with Crippen LogP contribution in [0.4, 0.5) is 44.7 Å². The fraction of sp³-hybridized carbons (Fsp3) is 0.206. The Morgan fingerprint density at radius 1 is 0.738 bits per heavy atom. The fourth-order valence-corrected chi connectivity index (χ4v) is 4.92. The summed E-state index contributed by atoms with van der Waals surface area (Å²) in [7, 11) is 0. The van der Waals surface area contributed by atoms with E-state index in [2.05, 4.69) is 16.4 Å². The Balaban J connectivity index is 1.84. The average Bonchev–Trinajstić information content (AvgIpc) is 2.95. The zero-order valence-electron chi connectivity index (χ0n) is 23.7. The maximum absolute atomic E-state index is 15.9. The Hall–Kier alpha value is -4.55. The van der Waals surface area contributed by atoms with Crippen LogP contribution in [0.1, 0.15) is 47.6 Å². The van der Waals surface area contributed by atoms with E-state index in [0.717, 1.165) is 18.9 Å². The predicted octanol–water partition coefficient (Wildman–Crippen LogP) is 9.57. The maximum atomic E-state index is 15.9. The molecule has 0 saturated carbocycles. The molecule has 8 heteroatoms. The first kappa shape index (κ1) is 29.0. The first-order chi connectivity index (χ1) is 20.1. The molecule has 0 saturated heterocycles. The van der Waals surface area contributed by atoms with E-state index in [9.17, 15) is 8.78 Å². The number of rotatable bonds is 8. The van der Waals surface area contributed by atoms with Gasteiger partial charge in [-0.25, -0.2) is 22.0 Å². The Bertz CT molecular complexity index is 1760. The van der Waals surface area contributed by atoms with Crippen molar-refractivity contribution < 1.29 is 22.0 Å². The van der Waals surface area contributed by atoms with Crippen molar-refractivity contribution in [3.63, 3.8) is 0 Å². The monoisotopic (exact) mass is 575 g/mol. The van der Waals surface area contributed by atoms with E-state index in [1.165, 1.54) is 41.3 Å². The molecule has 42 heavy (non-hydrogen) atoms. The minimum atomic E-state index is -1.20. The predicted molar refractivity (Wildman–Crippen MR) is 158 cm³/mol. The van der Waals surface area contributed by atoms with Gasteiger partial charge in [-0.15, -0.1) is 0 Å². The number of anilines is 4. The molecule has 0 radical (unpaired) electrons. The number of nitrogens with zero attached hydrogens (tertiary/aromatic N) is 1. The van der Waals surface area contributed by atoms with Gasteiger partial charge in [0.25, 0.3) is 0 Å². The molecule has 0 aromatic heterocycles. The molecule has 1 aliphatic heterocycles. The normalized spacial score (nSPS) is 12.5. The summed E-state index contributed by atoms with van der Waals surface area (Å²) in [5.41, 5.74) is 5.12. The number of nitrogens with one attached hydrogen (secondary N) is 2. The van der Waals surface area contributed by atoms with Gasteiger partial charge in [-0.05, 0) is 86.3 Å². The van der Waals surface area contributed by atoms with E-state index >= 15 is 13.2 Å². The summed E-state index contributed by atoms with van der Waals surface area (Å²) in [6.45, 7) is 7.51. The van der Waals surface area contributed by atoms with Gasteiger partial charge in [0.1, 0.15) is 23.1 Å². The van der Waals surface area contributed by atoms with Gasteiger partial charge in [-0.1, -0.05) is 37.3 Å². The maximum Gasteiger partial charge on any atom is 0.183 e. The number of benzene rings is 4. The van der Waals surface area contributed by atoms with Gasteiger partial charge in [0, 0.05) is 17.7 Å². The summed E-state index contributed by atoms with van der Waals surface area (Å²) in [5, 5.41) is 6.09. The lowest BCUT2D eigenvalue weighted by Crippen LogP contribution is -2.26. The number of hydrogen-bond acceptors (Lipinski definition) is 3. The Morgan fingerprint density at radius 3 is 2.12 bits per heavy atom. The van der Waals surface area contributed by atoms with Gasteiger partial charge in [0.2, 0.25) is 0 Å². The van der Waals surface area contributed by atoms with Crippen molar-refractivity contribution in [1.82, 2.24) is 5.32 Å². The van der Waals surface area contributed by atoms with Crippen molar-refractivity contribution in [2.75, 3.05) is 16.8 Å². The summed E-state index contributed by atoms with van der Waals surface area (Å²) >= 11 is 0. The zero-order chi connectivity index (χ0) is 30.1. The summed E-state index contributed by atoms with van der Waals surface area (Å²) < 4.78 is 77.1. The molecular formula is C34H30F5N3. The minimum Gasteiger partial charge on any atom is -0.378 e. The highest BCUT2D eigenvalue weighted by atomic mass is 19.2. The SMILES string of the molecule is CCCCNC1=C=C(c2ccc(C)c(F)c2Nc2ccc(C)cc2F)N(c2ccc(C)cc2F)c2c1ccc(F)c2F. The molecule has 0 unspecified atom stereocenters. The van der Waals surface area contributed by atoms with Crippen LogP contribution in [0, 0.1) is 49.9 Å². The molecule has 0 amide bonds. The highest BCUT2D eigenvalue weighted by Gasteiger charge is 2.33. The molecule has 1 aliphatic rings. The topological polar surface area (TPSA) is 27.3 Å². The standard InChI is InChI=1S/C34H30F5N3/c1-5-6-15-40-28-18-30(23-10-9-21(4)31(38)33(23)41-27-13-7-19(2)16-25(27)36)42(29-14-8-20(3)17-26(29)37)34-22(28)11-12-24(35)32(34)39/h7-14,16-17,40-41H,5-6,15H2,1-4H3. The molecule has 4 aromatic rings. The number of halogens is 5. The van der Waals surface area contributed by atoms with Crippen molar-refractivity contribution in [1.29, 1.82) is 0 Å². The van der Waals surface area contributed by atoms with Gasteiger partial charge >= 0.3 is 0 Å². The van der Waals surface area contributed by atoms with Crippen LogP contribution in [0.5, 0.6) is 0 Å². The van der Waals surface area contributed by atoms with E-state index < -0.39 is 29.1 Å². The highest BCUT2D eigenvalue weighted by molar-refractivity contribution is 6.00. The molecular weight excluding hydrogens is 545 g/mol. The Kier molecular flexibility index (Phi) is 8.10. The highest BCUT2D eigenvalue weighted by Crippen LogP contribution is 2.46. The van der Waals surface area contributed by atoms with Crippen LogP contribution in [-0.4, -0.2) is 6.54 Å². The third kappa shape index (κ3) is 5.38. The molecule has 0 atom stereocenters. The van der Waals surface area contributed by atoms with Crippen LogP contribution in [-0.2, 0) is 0 Å². The number of fused-ring (bicyclic) bond motifs is 1. The van der Waals surface area contributed by atoms with Gasteiger partial charge in [-0.3, -0.25) is 4.90 Å². The Labute approximate surface area is 242 Å². The van der Waals surface area contributed by atoms with Crippen LogP contribution < -0.4 is 15.5 Å². The lowest BCUT2D eigenvalue weighted by Gasteiger charge is -2.33. The molecule has 0 aliphatic carbocycles. The van der Waals surface area contributed by atoms with Crippen molar-refractivity contribution in [2.24, 2.45) is 0 Å². The number of unbranched alkanes of at least 4 members (excludes halogenated alkanes) is 1. The molecule has 1 heterocycles. The first-order valence-electron chi connectivity index (χ1n) is 13.7.